The summed E-state index contributed by atoms with van der Waals surface area (Å²) in [5, 5.41) is 3.29. The minimum Gasteiger partial charge on any atom is -0.352 e. The first-order chi connectivity index (χ1) is 8.85. The van der Waals surface area contributed by atoms with Gasteiger partial charge in [-0.3, -0.25) is 0 Å². The lowest BCUT2D eigenvalue weighted by molar-refractivity contribution is 0.443. The summed E-state index contributed by atoms with van der Waals surface area (Å²) in [5.41, 5.74) is 1.16. The van der Waals surface area contributed by atoms with Gasteiger partial charge in [0, 0.05) is 30.9 Å². The normalized spacial score (nSPS) is 20.1. The summed E-state index contributed by atoms with van der Waals surface area (Å²) in [6, 6.07) is 2.74. The van der Waals surface area contributed by atoms with E-state index in [0.717, 1.165) is 37.4 Å². The number of aryl methyl sites for hydroxylation is 1. The van der Waals surface area contributed by atoms with Crippen LogP contribution in [0.1, 0.15) is 38.3 Å². The number of anilines is 1. The van der Waals surface area contributed by atoms with Crippen molar-refractivity contribution in [1.29, 1.82) is 0 Å². The third kappa shape index (κ3) is 3.19. The molecule has 0 saturated carbocycles. The number of piperidine rings is 1. The summed E-state index contributed by atoms with van der Waals surface area (Å²) in [4.78, 5) is 11.3. The van der Waals surface area contributed by atoms with E-state index in [1.807, 2.05) is 7.05 Å². The smallest absolute Gasteiger partial charge is 0.132 e. The van der Waals surface area contributed by atoms with Gasteiger partial charge in [0.1, 0.15) is 12.1 Å². The Morgan fingerprint density at radius 3 is 3.06 bits per heavy atom. The van der Waals surface area contributed by atoms with Gasteiger partial charge < -0.3 is 10.2 Å². The molecule has 2 heterocycles. The molecule has 1 N–H and O–H groups in total. The average molecular weight is 248 g/mol. The second-order valence-corrected chi connectivity index (χ2v) is 5.02. The zero-order valence-corrected chi connectivity index (χ0v) is 11.5. The lowest BCUT2D eigenvalue weighted by Crippen LogP contribution is -2.45. The van der Waals surface area contributed by atoms with Crippen LogP contribution in [0.5, 0.6) is 0 Å². The van der Waals surface area contributed by atoms with E-state index in [-0.39, 0.29) is 0 Å². The maximum atomic E-state index is 4.46. The fourth-order valence-corrected chi connectivity index (χ4v) is 2.69. The second-order valence-electron chi connectivity index (χ2n) is 5.02. The quantitative estimate of drug-likeness (QED) is 0.865. The van der Waals surface area contributed by atoms with Crippen LogP contribution in [-0.4, -0.2) is 36.1 Å². The molecule has 0 aromatic carbocycles. The first kappa shape index (κ1) is 13.3. The van der Waals surface area contributed by atoms with Gasteiger partial charge in [0.15, 0.2) is 0 Å². The highest BCUT2D eigenvalue weighted by Gasteiger charge is 2.23. The predicted molar refractivity (Wildman–Crippen MR) is 74.9 cm³/mol. The third-order valence-electron chi connectivity index (χ3n) is 3.58. The number of nitrogens with one attached hydrogen (secondary N) is 1. The van der Waals surface area contributed by atoms with Crippen LogP contribution in [0.4, 0.5) is 5.82 Å². The van der Waals surface area contributed by atoms with Crippen LogP contribution >= 0.6 is 0 Å². The molecule has 0 aliphatic carbocycles. The standard InChI is InChI=1S/C14H24N4/c1-3-6-12-9-14(17-11-16-12)18-8-5-4-7-13(18)10-15-2/h9,11,13,15H,3-8,10H2,1-2H3. The van der Waals surface area contributed by atoms with Crippen LogP contribution in [0.3, 0.4) is 0 Å². The molecule has 2 rings (SSSR count). The zero-order chi connectivity index (χ0) is 12.8. The van der Waals surface area contributed by atoms with Gasteiger partial charge in [-0.2, -0.15) is 0 Å². The molecule has 1 aromatic rings. The summed E-state index contributed by atoms with van der Waals surface area (Å²) in [5.74, 6) is 1.11. The fraction of sp³-hybridized carbons (Fsp3) is 0.714. The number of likely N-dealkylation sites (N-methyl/N-ethyl adjacent to an activating group) is 1. The van der Waals surface area contributed by atoms with Crippen LogP contribution in [0, 0.1) is 0 Å². The summed E-state index contributed by atoms with van der Waals surface area (Å²) >= 11 is 0. The highest BCUT2D eigenvalue weighted by molar-refractivity contribution is 5.41. The maximum Gasteiger partial charge on any atom is 0.132 e. The predicted octanol–water partition coefficient (Wildman–Crippen LogP) is 2.01. The highest BCUT2D eigenvalue weighted by atomic mass is 15.2. The van der Waals surface area contributed by atoms with E-state index < -0.39 is 0 Å². The molecular formula is C14H24N4. The molecule has 1 aliphatic heterocycles. The topological polar surface area (TPSA) is 41.0 Å². The summed E-state index contributed by atoms with van der Waals surface area (Å²) in [7, 11) is 2.02. The number of hydrogen-bond acceptors (Lipinski definition) is 4. The van der Waals surface area contributed by atoms with Gasteiger partial charge in [-0.15, -0.1) is 0 Å². The maximum absolute atomic E-state index is 4.46. The highest BCUT2D eigenvalue weighted by Crippen LogP contribution is 2.23. The molecule has 100 valence electrons. The van der Waals surface area contributed by atoms with E-state index in [9.17, 15) is 0 Å². The summed E-state index contributed by atoms with van der Waals surface area (Å²) in [6.45, 7) is 4.34. The second kappa shape index (κ2) is 6.69. The van der Waals surface area contributed by atoms with Gasteiger partial charge in [-0.1, -0.05) is 13.3 Å². The molecule has 0 amide bonds. The van der Waals surface area contributed by atoms with Crippen molar-refractivity contribution < 1.29 is 0 Å². The molecule has 0 radical (unpaired) electrons. The Balaban J connectivity index is 2.14. The van der Waals surface area contributed by atoms with Crippen molar-refractivity contribution in [3.05, 3.63) is 18.1 Å². The zero-order valence-electron chi connectivity index (χ0n) is 11.5. The molecule has 0 spiro atoms. The molecule has 1 aliphatic rings. The molecule has 18 heavy (non-hydrogen) atoms. The Morgan fingerprint density at radius 1 is 1.39 bits per heavy atom. The lowest BCUT2D eigenvalue weighted by atomic mass is 10.0. The van der Waals surface area contributed by atoms with Gasteiger partial charge in [0.25, 0.3) is 0 Å². The number of hydrogen-bond donors (Lipinski definition) is 1. The largest absolute Gasteiger partial charge is 0.352 e. The first-order valence-corrected chi connectivity index (χ1v) is 7.07. The van der Waals surface area contributed by atoms with E-state index in [1.54, 1.807) is 6.33 Å². The van der Waals surface area contributed by atoms with E-state index in [0.29, 0.717) is 6.04 Å². The fourth-order valence-electron chi connectivity index (χ4n) is 2.69. The molecule has 1 unspecified atom stereocenters. The molecule has 4 heteroatoms. The molecule has 4 nitrogen and oxygen atoms in total. The Labute approximate surface area is 110 Å². The molecular weight excluding hydrogens is 224 g/mol. The van der Waals surface area contributed by atoms with E-state index in [4.69, 9.17) is 0 Å². The molecule has 1 atom stereocenters. The van der Waals surface area contributed by atoms with Crippen LogP contribution in [-0.2, 0) is 6.42 Å². The number of nitrogens with zero attached hydrogens (tertiary/aromatic N) is 3. The van der Waals surface area contributed by atoms with Crippen LogP contribution in [0.25, 0.3) is 0 Å². The minimum absolute atomic E-state index is 0.577. The summed E-state index contributed by atoms with van der Waals surface area (Å²) in [6.07, 6.45) is 7.75. The SMILES string of the molecule is CCCc1cc(N2CCCCC2CNC)ncn1. The van der Waals surface area contributed by atoms with Crippen molar-refractivity contribution in [2.45, 2.75) is 45.1 Å². The van der Waals surface area contributed by atoms with E-state index >= 15 is 0 Å². The third-order valence-corrected chi connectivity index (χ3v) is 3.58. The number of rotatable bonds is 5. The van der Waals surface area contributed by atoms with Crippen LogP contribution in [0.15, 0.2) is 12.4 Å². The van der Waals surface area contributed by atoms with E-state index in [1.165, 1.54) is 19.3 Å². The van der Waals surface area contributed by atoms with Crippen molar-refractivity contribution in [1.82, 2.24) is 15.3 Å². The van der Waals surface area contributed by atoms with Crippen molar-refractivity contribution in [2.75, 3.05) is 25.0 Å². The van der Waals surface area contributed by atoms with Crippen molar-refractivity contribution in [2.24, 2.45) is 0 Å². The lowest BCUT2D eigenvalue weighted by Gasteiger charge is -2.36. The van der Waals surface area contributed by atoms with Gasteiger partial charge in [-0.25, -0.2) is 9.97 Å². The Morgan fingerprint density at radius 2 is 2.28 bits per heavy atom. The van der Waals surface area contributed by atoms with Gasteiger partial charge in [0.2, 0.25) is 0 Å². The van der Waals surface area contributed by atoms with Crippen molar-refractivity contribution in [3.8, 4) is 0 Å². The van der Waals surface area contributed by atoms with Crippen LogP contribution in [0.2, 0.25) is 0 Å². The Bertz CT molecular complexity index is 365. The van der Waals surface area contributed by atoms with Gasteiger partial charge >= 0.3 is 0 Å². The molecule has 0 bridgehead atoms. The molecule has 1 aromatic heterocycles. The Kier molecular flexibility index (Phi) is 4.93. The van der Waals surface area contributed by atoms with E-state index in [2.05, 4.69) is 33.2 Å². The first-order valence-electron chi connectivity index (χ1n) is 7.07. The summed E-state index contributed by atoms with van der Waals surface area (Å²) < 4.78 is 0. The Hall–Kier alpha value is -1.16. The monoisotopic (exact) mass is 248 g/mol. The average Bonchev–Trinajstić information content (AvgIpc) is 2.40. The minimum atomic E-state index is 0.577. The van der Waals surface area contributed by atoms with Crippen LogP contribution < -0.4 is 10.2 Å². The number of aromatic nitrogens is 2. The van der Waals surface area contributed by atoms with Gasteiger partial charge in [0.05, 0.1) is 0 Å². The van der Waals surface area contributed by atoms with Crippen molar-refractivity contribution >= 4 is 5.82 Å². The van der Waals surface area contributed by atoms with Crippen molar-refractivity contribution in [3.63, 3.8) is 0 Å². The molecule has 1 saturated heterocycles. The molecule has 1 fully saturated rings. The van der Waals surface area contributed by atoms with Gasteiger partial charge in [-0.05, 0) is 32.7 Å².